The highest BCUT2D eigenvalue weighted by atomic mass is 19.1. The molecule has 0 unspecified atom stereocenters. The van der Waals surface area contributed by atoms with Crippen LogP contribution in [0.1, 0.15) is 46.1 Å². The second-order valence-corrected chi connectivity index (χ2v) is 8.63. The first kappa shape index (κ1) is 22.2. The topological polar surface area (TPSA) is 27.7 Å². The van der Waals surface area contributed by atoms with E-state index in [1.54, 1.807) is 12.1 Å². The van der Waals surface area contributed by atoms with Gasteiger partial charge in [-0.15, -0.1) is 0 Å². The molecule has 0 heterocycles. The molecule has 4 heteroatoms. The van der Waals surface area contributed by atoms with Gasteiger partial charge in [0.25, 0.3) is 0 Å². The Bertz CT molecular complexity index is 1220. The summed E-state index contributed by atoms with van der Waals surface area (Å²) in [6.07, 6.45) is 1.92. The van der Waals surface area contributed by atoms with E-state index in [9.17, 15) is 4.39 Å². The number of aryl methyl sites for hydroxylation is 1. The van der Waals surface area contributed by atoms with Crippen LogP contribution in [-0.4, -0.2) is 7.11 Å². The van der Waals surface area contributed by atoms with Gasteiger partial charge in [0.1, 0.15) is 18.2 Å². The number of fused-ring (bicyclic) bond motifs is 1. The average Bonchev–Trinajstić information content (AvgIpc) is 2.88. The Balaban J connectivity index is 1.47. The quantitative estimate of drug-likeness (QED) is 0.218. The molecule has 0 bridgehead atoms. The lowest BCUT2D eigenvalue weighted by molar-refractivity contribution is -0.178. The van der Waals surface area contributed by atoms with Crippen molar-refractivity contribution in [1.29, 1.82) is 0 Å². The van der Waals surface area contributed by atoms with Gasteiger partial charge in [-0.3, -0.25) is 0 Å². The molecule has 1 aliphatic carbocycles. The first-order valence-electron chi connectivity index (χ1n) is 11.6. The largest absolute Gasteiger partial charge is 0.489 e. The molecule has 0 saturated heterocycles. The summed E-state index contributed by atoms with van der Waals surface area (Å²) in [5.74, 6) is 1.72. The van der Waals surface area contributed by atoms with E-state index < -0.39 is 0 Å². The molecule has 0 spiro atoms. The zero-order valence-corrected chi connectivity index (χ0v) is 19.1. The molecular formula is C30H27FO3. The van der Waals surface area contributed by atoms with Gasteiger partial charge in [-0.25, -0.2) is 4.39 Å². The van der Waals surface area contributed by atoms with Gasteiger partial charge in [-0.1, -0.05) is 60.7 Å². The molecule has 4 aromatic carbocycles. The standard InChI is InChI=1S/C30H27FO3/c1-32-34-26-14-9-23(10-15-26)30-28(22-7-12-25(31)13-8-22)17-11-24-19-27(16-18-29(24)30)33-20-21-5-3-2-4-6-21/h2-10,12-16,18-19,28,30H,11,17,20H2,1H3/t28-,30+/m1/s1. The fraction of sp³-hybridized carbons (Fsp3) is 0.200. The molecule has 0 N–H and O–H groups in total. The summed E-state index contributed by atoms with van der Waals surface area (Å²) in [6, 6.07) is 31.6. The van der Waals surface area contributed by atoms with Gasteiger partial charge in [0, 0.05) is 5.92 Å². The predicted molar refractivity (Wildman–Crippen MR) is 131 cm³/mol. The van der Waals surface area contributed by atoms with E-state index in [-0.39, 0.29) is 17.7 Å². The Labute approximate surface area is 199 Å². The van der Waals surface area contributed by atoms with Crippen LogP contribution >= 0.6 is 0 Å². The van der Waals surface area contributed by atoms with Crippen LogP contribution in [0.15, 0.2) is 97.1 Å². The molecule has 1 aliphatic rings. The van der Waals surface area contributed by atoms with Crippen LogP contribution in [0.2, 0.25) is 0 Å². The molecule has 0 saturated carbocycles. The molecule has 4 aromatic rings. The van der Waals surface area contributed by atoms with Crippen LogP contribution in [0.3, 0.4) is 0 Å². The number of rotatable bonds is 7. The summed E-state index contributed by atoms with van der Waals surface area (Å²) >= 11 is 0. The maximum absolute atomic E-state index is 13.6. The second-order valence-electron chi connectivity index (χ2n) is 8.63. The zero-order chi connectivity index (χ0) is 23.3. The van der Waals surface area contributed by atoms with Gasteiger partial charge < -0.3 is 9.62 Å². The van der Waals surface area contributed by atoms with Crippen molar-refractivity contribution in [2.75, 3.05) is 7.11 Å². The third-order valence-corrected chi connectivity index (χ3v) is 6.54. The lowest BCUT2D eigenvalue weighted by atomic mass is 9.69. The maximum atomic E-state index is 13.6. The van der Waals surface area contributed by atoms with E-state index in [1.807, 2.05) is 42.5 Å². The van der Waals surface area contributed by atoms with E-state index in [0.717, 1.165) is 29.7 Å². The molecule has 34 heavy (non-hydrogen) atoms. The van der Waals surface area contributed by atoms with Crippen molar-refractivity contribution in [2.45, 2.75) is 31.3 Å². The minimum absolute atomic E-state index is 0.147. The summed E-state index contributed by atoms with van der Waals surface area (Å²) in [6.45, 7) is 0.544. The monoisotopic (exact) mass is 454 g/mol. The molecular weight excluding hydrogens is 427 g/mol. The van der Waals surface area contributed by atoms with Gasteiger partial charge in [0.2, 0.25) is 0 Å². The fourth-order valence-corrected chi connectivity index (χ4v) is 4.94. The number of halogens is 1. The summed E-state index contributed by atoms with van der Waals surface area (Å²) in [5, 5.41) is 0. The van der Waals surface area contributed by atoms with Crippen molar-refractivity contribution in [3.8, 4) is 11.5 Å². The Hall–Kier alpha value is -3.63. The first-order chi connectivity index (χ1) is 16.7. The molecule has 2 atom stereocenters. The molecule has 0 amide bonds. The van der Waals surface area contributed by atoms with Crippen molar-refractivity contribution in [1.82, 2.24) is 0 Å². The minimum atomic E-state index is -0.210. The van der Waals surface area contributed by atoms with Gasteiger partial charge in [-0.05, 0) is 83.0 Å². The second kappa shape index (κ2) is 10.1. The molecule has 172 valence electrons. The smallest absolute Gasteiger partial charge is 0.165 e. The van der Waals surface area contributed by atoms with Gasteiger partial charge >= 0.3 is 0 Å². The fourth-order valence-electron chi connectivity index (χ4n) is 4.94. The molecule has 3 nitrogen and oxygen atoms in total. The van der Waals surface area contributed by atoms with E-state index in [0.29, 0.717) is 12.4 Å². The summed E-state index contributed by atoms with van der Waals surface area (Å²) < 4.78 is 19.7. The van der Waals surface area contributed by atoms with E-state index in [4.69, 9.17) is 14.5 Å². The molecule has 5 rings (SSSR count). The molecule has 0 aliphatic heterocycles. The van der Waals surface area contributed by atoms with Gasteiger partial charge in [0.05, 0.1) is 7.11 Å². The van der Waals surface area contributed by atoms with Crippen molar-refractivity contribution < 1.29 is 18.9 Å². The third-order valence-electron chi connectivity index (χ3n) is 6.54. The van der Waals surface area contributed by atoms with Crippen molar-refractivity contribution in [3.63, 3.8) is 0 Å². The normalized spacial score (nSPS) is 17.1. The Morgan fingerprint density at radius 1 is 0.794 bits per heavy atom. The van der Waals surface area contributed by atoms with Crippen LogP contribution < -0.4 is 9.62 Å². The third kappa shape index (κ3) is 4.82. The molecule has 0 aromatic heterocycles. The van der Waals surface area contributed by atoms with Gasteiger partial charge in [0.15, 0.2) is 5.75 Å². The van der Waals surface area contributed by atoms with Crippen LogP contribution in [0.25, 0.3) is 0 Å². The summed E-state index contributed by atoms with van der Waals surface area (Å²) in [4.78, 5) is 9.95. The molecule has 0 radical (unpaired) electrons. The predicted octanol–water partition coefficient (Wildman–Crippen LogP) is 7.21. The summed E-state index contributed by atoms with van der Waals surface area (Å²) in [7, 11) is 1.49. The van der Waals surface area contributed by atoms with Crippen molar-refractivity contribution >= 4 is 0 Å². The van der Waals surface area contributed by atoms with Crippen LogP contribution in [-0.2, 0) is 17.9 Å². The van der Waals surface area contributed by atoms with Crippen LogP contribution in [0, 0.1) is 5.82 Å². The average molecular weight is 455 g/mol. The van der Waals surface area contributed by atoms with Gasteiger partial charge in [-0.2, -0.15) is 4.89 Å². The number of hydrogen-bond donors (Lipinski definition) is 0. The lowest BCUT2D eigenvalue weighted by Gasteiger charge is -2.35. The lowest BCUT2D eigenvalue weighted by Crippen LogP contribution is -2.20. The van der Waals surface area contributed by atoms with Crippen molar-refractivity contribution in [3.05, 3.63) is 131 Å². The zero-order valence-electron chi connectivity index (χ0n) is 19.1. The van der Waals surface area contributed by atoms with Crippen LogP contribution in [0.5, 0.6) is 11.5 Å². The highest BCUT2D eigenvalue weighted by Gasteiger charge is 2.32. The Morgan fingerprint density at radius 2 is 1.50 bits per heavy atom. The SMILES string of the molecule is COOc1ccc([C@@H]2c3ccc(OCc4ccccc4)cc3CC[C@@H]2c2ccc(F)cc2)cc1. The van der Waals surface area contributed by atoms with E-state index >= 15 is 0 Å². The number of ether oxygens (including phenoxy) is 1. The van der Waals surface area contributed by atoms with E-state index in [2.05, 4.69) is 42.5 Å². The Kier molecular flexibility index (Phi) is 6.59. The number of hydrogen-bond acceptors (Lipinski definition) is 3. The highest BCUT2D eigenvalue weighted by Crippen LogP contribution is 2.47. The highest BCUT2D eigenvalue weighted by molar-refractivity contribution is 5.48. The van der Waals surface area contributed by atoms with E-state index in [1.165, 1.54) is 23.8 Å². The maximum Gasteiger partial charge on any atom is 0.165 e. The minimum Gasteiger partial charge on any atom is -0.489 e. The number of benzene rings is 4. The first-order valence-corrected chi connectivity index (χ1v) is 11.6. The van der Waals surface area contributed by atoms with Crippen molar-refractivity contribution in [2.24, 2.45) is 0 Å². The Morgan fingerprint density at radius 3 is 2.24 bits per heavy atom. The molecule has 0 fully saturated rings. The summed E-state index contributed by atoms with van der Waals surface area (Å²) in [5.41, 5.74) is 6.07. The van der Waals surface area contributed by atoms with Crippen LogP contribution in [0.4, 0.5) is 4.39 Å².